The SMILES string of the molecule is CC1=C2C(=O)C=CP2[C@@H](O)[C@](C)(O)C12CC2. The molecule has 3 atom stereocenters. The van der Waals surface area contributed by atoms with E-state index >= 15 is 0 Å². The third-order valence-electron chi connectivity index (χ3n) is 4.44. The Morgan fingerprint density at radius 1 is 1.50 bits per heavy atom. The van der Waals surface area contributed by atoms with Gasteiger partial charge < -0.3 is 10.2 Å². The van der Waals surface area contributed by atoms with Gasteiger partial charge in [0.25, 0.3) is 0 Å². The zero-order chi connectivity index (χ0) is 11.7. The Morgan fingerprint density at radius 3 is 2.69 bits per heavy atom. The number of carbonyl (C=O) groups is 1. The molecule has 0 bridgehead atoms. The van der Waals surface area contributed by atoms with Crippen LogP contribution in [0.1, 0.15) is 26.7 Å². The highest BCUT2D eigenvalue weighted by molar-refractivity contribution is 7.68. The molecule has 0 saturated heterocycles. The maximum absolute atomic E-state index is 11.8. The highest BCUT2D eigenvalue weighted by Gasteiger charge is 2.65. The summed E-state index contributed by atoms with van der Waals surface area (Å²) in [5, 5.41) is 21.6. The third kappa shape index (κ3) is 0.976. The van der Waals surface area contributed by atoms with Crippen molar-refractivity contribution in [2.45, 2.75) is 38.1 Å². The number of ketones is 1. The summed E-state index contributed by atoms with van der Waals surface area (Å²) in [6.45, 7) is 3.66. The molecule has 3 aliphatic rings. The van der Waals surface area contributed by atoms with Crippen LogP contribution in [0.4, 0.5) is 0 Å². The molecule has 0 aromatic rings. The number of allylic oxidation sites excluding steroid dienone is 2. The molecule has 3 nitrogen and oxygen atoms in total. The first-order chi connectivity index (χ1) is 7.42. The van der Waals surface area contributed by atoms with Gasteiger partial charge in [0.15, 0.2) is 5.78 Å². The summed E-state index contributed by atoms with van der Waals surface area (Å²) in [6, 6.07) is 0. The van der Waals surface area contributed by atoms with Crippen LogP contribution in [-0.4, -0.2) is 27.4 Å². The smallest absolute Gasteiger partial charge is 0.186 e. The molecule has 16 heavy (non-hydrogen) atoms. The second-order valence-corrected chi connectivity index (χ2v) is 7.21. The molecule has 1 fully saturated rings. The van der Waals surface area contributed by atoms with Crippen molar-refractivity contribution < 1.29 is 15.0 Å². The molecule has 2 aliphatic heterocycles. The van der Waals surface area contributed by atoms with Crippen LogP contribution in [-0.2, 0) is 4.79 Å². The van der Waals surface area contributed by atoms with Crippen LogP contribution in [0.15, 0.2) is 22.8 Å². The maximum atomic E-state index is 11.8. The highest BCUT2D eigenvalue weighted by Crippen LogP contribution is 2.73. The van der Waals surface area contributed by atoms with Crippen molar-refractivity contribution in [1.82, 2.24) is 0 Å². The average Bonchev–Trinajstić information content (AvgIpc) is 2.95. The predicted molar refractivity (Wildman–Crippen MR) is 62.1 cm³/mol. The summed E-state index contributed by atoms with van der Waals surface area (Å²) in [5.74, 6) is 1.01. The molecule has 0 aromatic heterocycles. The minimum Gasteiger partial charge on any atom is -0.386 e. The molecule has 86 valence electrons. The van der Waals surface area contributed by atoms with E-state index in [0.29, 0.717) is 0 Å². The summed E-state index contributed by atoms with van der Waals surface area (Å²) >= 11 is 0. The van der Waals surface area contributed by atoms with Crippen LogP contribution < -0.4 is 0 Å². The maximum Gasteiger partial charge on any atom is 0.186 e. The fourth-order valence-electron chi connectivity index (χ4n) is 3.14. The topological polar surface area (TPSA) is 57.5 Å². The largest absolute Gasteiger partial charge is 0.386 e. The molecule has 3 rings (SSSR count). The van der Waals surface area contributed by atoms with Gasteiger partial charge in [-0.15, -0.1) is 0 Å². The van der Waals surface area contributed by atoms with E-state index in [1.54, 1.807) is 18.8 Å². The van der Waals surface area contributed by atoms with Gasteiger partial charge in [-0.1, -0.05) is 5.57 Å². The Morgan fingerprint density at radius 2 is 2.12 bits per heavy atom. The standard InChI is InChI=1S/C12H15O3P/c1-7-9-8(13)3-6-16(9)10(14)11(2,15)12(7)4-5-12/h3,6,10,14-15H,4-5H2,1-2H3/t10-,11+,16?/m1/s1. The molecule has 1 saturated carbocycles. The predicted octanol–water partition coefficient (Wildman–Crippen LogP) is 1.70. The minimum atomic E-state index is -1.08. The van der Waals surface area contributed by atoms with E-state index in [2.05, 4.69) is 0 Å². The number of aliphatic hydroxyl groups is 2. The molecule has 0 amide bonds. The van der Waals surface area contributed by atoms with Gasteiger partial charge in [-0.2, -0.15) is 0 Å². The molecule has 1 spiro atoms. The summed E-state index contributed by atoms with van der Waals surface area (Å²) in [4.78, 5) is 11.8. The number of hydrogen-bond donors (Lipinski definition) is 2. The van der Waals surface area contributed by atoms with Crippen molar-refractivity contribution in [2.24, 2.45) is 5.41 Å². The Hall–Kier alpha value is -0.500. The van der Waals surface area contributed by atoms with E-state index in [1.165, 1.54) is 0 Å². The van der Waals surface area contributed by atoms with E-state index in [-0.39, 0.29) is 11.2 Å². The second kappa shape index (κ2) is 2.84. The molecule has 0 radical (unpaired) electrons. The third-order valence-corrected chi connectivity index (χ3v) is 7.01. The zero-order valence-electron chi connectivity index (χ0n) is 9.40. The van der Waals surface area contributed by atoms with Gasteiger partial charge in [0.05, 0.1) is 0 Å². The first kappa shape index (κ1) is 10.6. The van der Waals surface area contributed by atoms with Crippen LogP contribution in [0.5, 0.6) is 0 Å². The number of hydrogen-bond acceptors (Lipinski definition) is 3. The van der Waals surface area contributed by atoms with Crippen LogP contribution in [0.3, 0.4) is 0 Å². The van der Waals surface area contributed by atoms with Gasteiger partial charge in [0.2, 0.25) is 0 Å². The van der Waals surface area contributed by atoms with E-state index in [9.17, 15) is 15.0 Å². The van der Waals surface area contributed by atoms with Gasteiger partial charge in [-0.25, -0.2) is 0 Å². The Kier molecular flexibility index (Phi) is 1.89. The molecular weight excluding hydrogens is 223 g/mol. The van der Waals surface area contributed by atoms with Crippen molar-refractivity contribution in [3.63, 3.8) is 0 Å². The van der Waals surface area contributed by atoms with Gasteiger partial charge in [0.1, 0.15) is 11.4 Å². The van der Waals surface area contributed by atoms with Crippen LogP contribution in [0.2, 0.25) is 0 Å². The summed E-state index contributed by atoms with van der Waals surface area (Å²) in [6.07, 6.45) is 3.30. The van der Waals surface area contributed by atoms with Crippen molar-refractivity contribution >= 4 is 13.7 Å². The van der Waals surface area contributed by atoms with Crippen LogP contribution in [0, 0.1) is 5.41 Å². The normalized spacial score (nSPS) is 44.1. The van der Waals surface area contributed by atoms with Crippen molar-refractivity contribution in [3.05, 3.63) is 22.8 Å². The average molecular weight is 238 g/mol. The molecule has 1 unspecified atom stereocenters. The first-order valence-electron chi connectivity index (χ1n) is 5.54. The number of rotatable bonds is 0. The van der Waals surface area contributed by atoms with Gasteiger partial charge in [-0.3, -0.25) is 4.79 Å². The first-order valence-corrected chi connectivity index (χ1v) is 7.02. The fraction of sp³-hybridized carbons (Fsp3) is 0.583. The summed E-state index contributed by atoms with van der Waals surface area (Å²) in [7, 11) is -1.01. The van der Waals surface area contributed by atoms with Gasteiger partial charge in [0, 0.05) is 10.7 Å². The fourth-order valence-corrected chi connectivity index (χ4v) is 5.71. The summed E-state index contributed by atoms with van der Waals surface area (Å²) in [5.41, 5.74) is -0.396. The molecular formula is C12H15O3P. The molecule has 0 aromatic carbocycles. The lowest BCUT2D eigenvalue weighted by Crippen LogP contribution is -2.49. The Bertz CT molecular complexity index is 443. The Balaban J connectivity index is 2.22. The second-order valence-electron chi connectivity index (χ2n) is 5.16. The van der Waals surface area contributed by atoms with E-state index in [1.807, 2.05) is 6.92 Å². The van der Waals surface area contributed by atoms with Crippen molar-refractivity contribution in [2.75, 3.05) is 0 Å². The van der Waals surface area contributed by atoms with E-state index in [4.69, 9.17) is 0 Å². The lowest BCUT2D eigenvalue weighted by Gasteiger charge is -2.45. The van der Waals surface area contributed by atoms with Crippen LogP contribution >= 0.6 is 7.92 Å². The summed E-state index contributed by atoms with van der Waals surface area (Å²) < 4.78 is 0. The quantitative estimate of drug-likeness (QED) is 0.631. The monoisotopic (exact) mass is 238 g/mol. The lowest BCUT2D eigenvalue weighted by molar-refractivity contribution is -0.111. The van der Waals surface area contributed by atoms with Crippen molar-refractivity contribution in [3.8, 4) is 0 Å². The van der Waals surface area contributed by atoms with Crippen LogP contribution in [0.25, 0.3) is 0 Å². The molecule has 4 heteroatoms. The molecule has 2 heterocycles. The van der Waals surface area contributed by atoms with Gasteiger partial charge >= 0.3 is 0 Å². The molecule has 2 N–H and O–H groups in total. The number of fused-ring (bicyclic) bond motifs is 1. The highest BCUT2D eigenvalue weighted by atomic mass is 31.1. The lowest BCUT2D eigenvalue weighted by atomic mass is 9.79. The number of carbonyl (C=O) groups excluding carboxylic acids is 1. The minimum absolute atomic E-state index is 0.0319. The molecule has 1 aliphatic carbocycles. The van der Waals surface area contributed by atoms with Gasteiger partial charge in [-0.05, 0) is 46.5 Å². The Labute approximate surface area is 95.6 Å². The zero-order valence-corrected chi connectivity index (χ0v) is 10.3. The number of aliphatic hydroxyl groups excluding tert-OH is 1. The van der Waals surface area contributed by atoms with E-state index < -0.39 is 19.4 Å². The van der Waals surface area contributed by atoms with E-state index in [0.717, 1.165) is 23.7 Å². The van der Waals surface area contributed by atoms with Crippen molar-refractivity contribution in [1.29, 1.82) is 0 Å².